The largest absolute Gasteiger partial charge is 0.496 e. The van der Waals surface area contributed by atoms with Crippen LogP contribution in [0.5, 0.6) is 5.75 Å². The van der Waals surface area contributed by atoms with E-state index in [9.17, 15) is 4.79 Å². The molecule has 0 aromatic heterocycles. The molecule has 0 heterocycles. The highest BCUT2D eigenvalue weighted by molar-refractivity contribution is 6.36. The third-order valence-corrected chi connectivity index (χ3v) is 2.37. The second kappa shape index (κ2) is 6.52. The molecule has 0 saturated carbocycles. The molecule has 17 heavy (non-hydrogen) atoms. The molecule has 0 radical (unpaired) electrons. The van der Waals surface area contributed by atoms with Gasteiger partial charge in [-0.2, -0.15) is 0 Å². The Hall–Kier alpha value is -2.04. The summed E-state index contributed by atoms with van der Waals surface area (Å²) in [7, 11) is 2.83. The molecule has 5 nitrogen and oxygen atoms in total. The van der Waals surface area contributed by atoms with Gasteiger partial charge in [-0.15, -0.1) is 0 Å². The van der Waals surface area contributed by atoms with Crippen molar-refractivity contribution in [3.8, 4) is 5.75 Å². The topological polar surface area (TPSA) is 68.1 Å². The predicted octanol–water partition coefficient (Wildman–Crippen LogP) is 1.63. The predicted molar refractivity (Wildman–Crippen MR) is 62.6 cm³/mol. The standard InChI is InChI=1S/C12H15NO4/c1-16-11-6-4-3-5-9(11)7-8-10(13-15)12(14)17-2/h3-6,15H,7-8H2,1-2H3. The first-order valence-corrected chi connectivity index (χ1v) is 5.14. The molecule has 0 aliphatic heterocycles. The number of oxime groups is 1. The lowest BCUT2D eigenvalue weighted by Crippen LogP contribution is -2.16. The lowest BCUT2D eigenvalue weighted by molar-refractivity contribution is -0.133. The number of esters is 1. The number of rotatable bonds is 5. The van der Waals surface area contributed by atoms with Gasteiger partial charge in [0.2, 0.25) is 0 Å². The van der Waals surface area contributed by atoms with Crippen LogP contribution in [0.25, 0.3) is 0 Å². The van der Waals surface area contributed by atoms with Gasteiger partial charge in [-0.3, -0.25) is 0 Å². The molecular formula is C12H15NO4. The molecule has 0 atom stereocenters. The number of ether oxygens (including phenoxy) is 2. The van der Waals surface area contributed by atoms with E-state index in [2.05, 4.69) is 9.89 Å². The van der Waals surface area contributed by atoms with Crippen molar-refractivity contribution in [3.63, 3.8) is 0 Å². The molecule has 0 bridgehead atoms. The second-order valence-corrected chi connectivity index (χ2v) is 3.35. The summed E-state index contributed by atoms with van der Waals surface area (Å²) in [4.78, 5) is 11.2. The number of carbonyl (C=O) groups excluding carboxylic acids is 1. The molecule has 0 saturated heterocycles. The summed E-state index contributed by atoms with van der Waals surface area (Å²) in [5.41, 5.74) is 0.943. The highest BCUT2D eigenvalue weighted by atomic mass is 16.5. The Balaban J connectivity index is 2.69. The number of nitrogens with zero attached hydrogens (tertiary/aromatic N) is 1. The number of aryl methyl sites for hydroxylation is 1. The van der Waals surface area contributed by atoms with Gasteiger partial charge in [0.1, 0.15) is 5.75 Å². The van der Waals surface area contributed by atoms with E-state index < -0.39 is 5.97 Å². The maximum atomic E-state index is 11.2. The zero-order chi connectivity index (χ0) is 12.7. The summed E-state index contributed by atoms with van der Waals surface area (Å²) in [6.45, 7) is 0. The van der Waals surface area contributed by atoms with Gasteiger partial charge in [0.25, 0.3) is 0 Å². The van der Waals surface area contributed by atoms with Crippen LogP contribution in [0.15, 0.2) is 29.4 Å². The van der Waals surface area contributed by atoms with Gasteiger partial charge < -0.3 is 14.7 Å². The maximum absolute atomic E-state index is 11.2. The van der Waals surface area contributed by atoms with E-state index in [0.29, 0.717) is 12.8 Å². The normalized spacial score (nSPS) is 11.1. The molecule has 0 amide bonds. The molecule has 0 spiro atoms. The zero-order valence-electron chi connectivity index (χ0n) is 9.84. The van der Waals surface area contributed by atoms with Crippen LogP contribution in [0.2, 0.25) is 0 Å². The number of hydrogen-bond donors (Lipinski definition) is 1. The summed E-state index contributed by atoms with van der Waals surface area (Å²) >= 11 is 0. The summed E-state index contributed by atoms with van der Waals surface area (Å²) in [5, 5.41) is 11.6. The van der Waals surface area contributed by atoms with E-state index >= 15 is 0 Å². The molecule has 1 rings (SSSR count). The van der Waals surface area contributed by atoms with Crippen LogP contribution in [0.1, 0.15) is 12.0 Å². The van der Waals surface area contributed by atoms with Crippen molar-refractivity contribution >= 4 is 11.7 Å². The Kier molecular flexibility index (Phi) is 5.00. The fraction of sp³-hybridized carbons (Fsp3) is 0.333. The van der Waals surface area contributed by atoms with Crippen LogP contribution in [0.3, 0.4) is 0 Å². The number of hydrogen-bond acceptors (Lipinski definition) is 5. The van der Waals surface area contributed by atoms with Crippen LogP contribution in [0, 0.1) is 0 Å². The third-order valence-electron chi connectivity index (χ3n) is 2.37. The van der Waals surface area contributed by atoms with Crippen molar-refractivity contribution in [3.05, 3.63) is 29.8 Å². The van der Waals surface area contributed by atoms with Crippen molar-refractivity contribution in [1.29, 1.82) is 0 Å². The average molecular weight is 237 g/mol. The molecule has 0 unspecified atom stereocenters. The van der Waals surface area contributed by atoms with Gasteiger partial charge in [0.15, 0.2) is 5.71 Å². The Bertz CT molecular complexity index is 415. The summed E-state index contributed by atoms with van der Waals surface area (Å²) in [6, 6.07) is 7.48. The molecule has 1 N–H and O–H groups in total. The highest BCUT2D eigenvalue weighted by Gasteiger charge is 2.13. The van der Waals surface area contributed by atoms with Crippen molar-refractivity contribution in [2.24, 2.45) is 5.16 Å². The van der Waals surface area contributed by atoms with Gasteiger partial charge in [0.05, 0.1) is 14.2 Å². The Morgan fingerprint density at radius 2 is 2.06 bits per heavy atom. The molecule has 1 aromatic carbocycles. The number of benzene rings is 1. The van der Waals surface area contributed by atoms with Gasteiger partial charge >= 0.3 is 5.97 Å². The summed E-state index contributed by atoms with van der Waals surface area (Å²) < 4.78 is 9.67. The highest BCUT2D eigenvalue weighted by Crippen LogP contribution is 2.19. The van der Waals surface area contributed by atoms with E-state index in [1.165, 1.54) is 7.11 Å². The first-order chi connectivity index (χ1) is 8.22. The molecule has 0 aliphatic carbocycles. The van der Waals surface area contributed by atoms with E-state index in [-0.39, 0.29) is 5.71 Å². The maximum Gasteiger partial charge on any atom is 0.355 e. The first kappa shape index (κ1) is 13.0. The van der Waals surface area contributed by atoms with Crippen LogP contribution in [-0.2, 0) is 16.0 Å². The molecule has 1 aromatic rings. The van der Waals surface area contributed by atoms with Gasteiger partial charge in [-0.25, -0.2) is 4.79 Å². The Labute approximate surface area is 99.7 Å². The SMILES string of the molecule is COC(=O)C(CCc1ccccc1OC)=NO. The Morgan fingerprint density at radius 1 is 1.35 bits per heavy atom. The summed E-state index contributed by atoms with van der Waals surface area (Å²) in [6.07, 6.45) is 0.835. The van der Waals surface area contributed by atoms with E-state index in [4.69, 9.17) is 9.94 Å². The number of para-hydroxylation sites is 1. The van der Waals surface area contributed by atoms with Gasteiger partial charge in [-0.05, 0) is 18.1 Å². The fourth-order valence-electron chi connectivity index (χ4n) is 1.47. The van der Waals surface area contributed by atoms with Crippen LogP contribution >= 0.6 is 0 Å². The number of carbonyl (C=O) groups is 1. The quantitative estimate of drug-likeness (QED) is 0.366. The number of methoxy groups -OCH3 is 2. The van der Waals surface area contributed by atoms with Gasteiger partial charge in [0, 0.05) is 6.42 Å². The lowest BCUT2D eigenvalue weighted by Gasteiger charge is -2.07. The smallest absolute Gasteiger partial charge is 0.355 e. The molecule has 5 heteroatoms. The third kappa shape index (κ3) is 3.48. The van der Waals surface area contributed by atoms with Crippen LogP contribution in [0.4, 0.5) is 0 Å². The Morgan fingerprint density at radius 3 is 2.65 bits per heavy atom. The first-order valence-electron chi connectivity index (χ1n) is 5.14. The molecule has 0 fully saturated rings. The van der Waals surface area contributed by atoms with Crippen molar-refractivity contribution < 1.29 is 19.5 Å². The minimum atomic E-state index is -0.623. The minimum Gasteiger partial charge on any atom is -0.496 e. The summed E-state index contributed by atoms with van der Waals surface area (Å²) in [5.74, 6) is 0.122. The fourth-order valence-corrected chi connectivity index (χ4v) is 1.47. The van der Waals surface area contributed by atoms with E-state index in [1.807, 2.05) is 24.3 Å². The van der Waals surface area contributed by atoms with Crippen molar-refractivity contribution in [1.82, 2.24) is 0 Å². The zero-order valence-corrected chi connectivity index (χ0v) is 9.84. The average Bonchev–Trinajstić information content (AvgIpc) is 2.39. The van der Waals surface area contributed by atoms with Crippen molar-refractivity contribution in [2.75, 3.05) is 14.2 Å². The molecule has 0 aliphatic rings. The van der Waals surface area contributed by atoms with Crippen LogP contribution < -0.4 is 4.74 Å². The molecular weight excluding hydrogens is 222 g/mol. The van der Waals surface area contributed by atoms with Gasteiger partial charge in [-0.1, -0.05) is 23.4 Å². The van der Waals surface area contributed by atoms with Crippen molar-refractivity contribution in [2.45, 2.75) is 12.8 Å². The monoisotopic (exact) mass is 237 g/mol. The second-order valence-electron chi connectivity index (χ2n) is 3.35. The van der Waals surface area contributed by atoms with E-state index in [0.717, 1.165) is 11.3 Å². The minimum absolute atomic E-state index is 0.00148. The van der Waals surface area contributed by atoms with Crippen LogP contribution in [-0.4, -0.2) is 31.1 Å². The van der Waals surface area contributed by atoms with E-state index in [1.54, 1.807) is 7.11 Å². The molecule has 92 valence electrons. The lowest BCUT2D eigenvalue weighted by atomic mass is 10.1.